The molecule has 2 rings (SSSR count). The summed E-state index contributed by atoms with van der Waals surface area (Å²) in [5.41, 5.74) is 0. The van der Waals surface area contributed by atoms with Crippen molar-refractivity contribution in [3.05, 3.63) is 24.5 Å². The van der Waals surface area contributed by atoms with Crippen molar-refractivity contribution in [2.75, 3.05) is 13.1 Å². The topological polar surface area (TPSA) is 25.2 Å². The number of rotatable bonds is 3. The SMILES string of the molecule is CC(C)[C@@H](C(=O)N1CCCC1)n1cccc1. The van der Waals surface area contributed by atoms with Gasteiger partial charge in [-0.15, -0.1) is 0 Å². The fourth-order valence-corrected chi connectivity index (χ4v) is 2.41. The van der Waals surface area contributed by atoms with Gasteiger partial charge in [0, 0.05) is 25.5 Å². The Hall–Kier alpha value is -1.25. The van der Waals surface area contributed by atoms with E-state index >= 15 is 0 Å². The first-order valence-electron chi connectivity index (χ1n) is 6.11. The van der Waals surface area contributed by atoms with Crippen LogP contribution in [0.4, 0.5) is 0 Å². The van der Waals surface area contributed by atoms with Crippen molar-refractivity contribution in [1.82, 2.24) is 9.47 Å². The summed E-state index contributed by atoms with van der Waals surface area (Å²) in [6.45, 7) is 6.09. The summed E-state index contributed by atoms with van der Waals surface area (Å²) in [5.74, 6) is 0.615. The molecule has 1 aliphatic rings. The fourth-order valence-electron chi connectivity index (χ4n) is 2.41. The molecule has 0 saturated carbocycles. The minimum Gasteiger partial charge on any atom is -0.342 e. The van der Waals surface area contributed by atoms with Crippen LogP contribution in [0.3, 0.4) is 0 Å². The molecule has 0 N–H and O–H groups in total. The average molecular weight is 220 g/mol. The van der Waals surface area contributed by atoms with E-state index in [1.54, 1.807) is 0 Å². The zero-order valence-corrected chi connectivity index (χ0v) is 10.1. The average Bonchev–Trinajstić information content (AvgIpc) is 2.89. The molecule has 1 fully saturated rings. The number of nitrogens with zero attached hydrogens (tertiary/aromatic N) is 2. The van der Waals surface area contributed by atoms with Crippen LogP contribution in [-0.4, -0.2) is 28.5 Å². The van der Waals surface area contributed by atoms with Crippen molar-refractivity contribution in [1.29, 1.82) is 0 Å². The van der Waals surface area contributed by atoms with Gasteiger partial charge < -0.3 is 9.47 Å². The molecule has 3 heteroatoms. The van der Waals surface area contributed by atoms with E-state index in [0.29, 0.717) is 5.92 Å². The van der Waals surface area contributed by atoms with Crippen LogP contribution in [0.2, 0.25) is 0 Å². The van der Waals surface area contributed by atoms with Crippen LogP contribution in [0, 0.1) is 5.92 Å². The second-order valence-corrected chi connectivity index (χ2v) is 4.85. The third-order valence-electron chi connectivity index (χ3n) is 3.25. The molecule has 0 radical (unpaired) electrons. The van der Waals surface area contributed by atoms with Gasteiger partial charge in [0.15, 0.2) is 0 Å². The number of likely N-dealkylation sites (tertiary alicyclic amines) is 1. The number of carbonyl (C=O) groups excluding carboxylic acids is 1. The number of amides is 1. The molecule has 0 aliphatic carbocycles. The molecule has 0 bridgehead atoms. The summed E-state index contributed by atoms with van der Waals surface area (Å²) in [7, 11) is 0. The van der Waals surface area contributed by atoms with Gasteiger partial charge in [-0.2, -0.15) is 0 Å². The quantitative estimate of drug-likeness (QED) is 0.767. The molecule has 1 aromatic heterocycles. The molecule has 1 aliphatic heterocycles. The highest BCUT2D eigenvalue weighted by molar-refractivity contribution is 5.81. The summed E-state index contributed by atoms with van der Waals surface area (Å²) >= 11 is 0. The van der Waals surface area contributed by atoms with Crippen molar-refractivity contribution in [2.45, 2.75) is 32.7 Å². The monoisotopic (exact) mass is 220 g/mol. The molecule has 88 valence electrons. The Balaban J connectivity index is 2.16. The highest BCUT2D eigenvalue weighted by atomic mass is 16.2. The maximum atomic E-state index is 12.4. The van der Waals surface area contributed by atoms with E-state index in [2.05, 4.69) is 13.8 Å². The number of hydrogen-bond donors (Lipinski definition) is 0. The fraction of sp³-hybridized carbons (Fsp3) is 0.615. The molecule has 0 unspecified atom stereocenters. The Labute approximate surface area is 97.1 Å². The van der Waals surface area contributed by atoms with Gasteiger partial charge in [-0.1, -0.05) is 13.8 Å². The van der Waals surface area contributed by atoms with Crippen LogP contribution in [-0.2, 0) is 4.79 Å². The van der Waals surface area contributed by atoms with E-state index in [0.717, 1.165) is 25.9 Å². The van der Waals surface area contributed by atoms with Crippen molar-refractivity contribution < 1.29 is 4.79 Å². The van der Waals surface area contributed by atoms with Gasteiger partial charge in [0.05, 0.1) is 0 Å². The first-order chi connectivity index (χ1) is 7.70. The maximum absolute atomic E-state index is 12.4. The van der Waals surface area contributed by atoms with Crippen molar-refractivity contribution in [3.63, 3.8) is 0 Å². The van der Waals surface area contributed by atoms with Crippen LogP contribution in [0.15, 0.2) is 24.5 Å². The van der Waals surface area contributed by atoms with E-state index in [1.165, 1.54) is 0 Å². The van der Waals surface area contributed by atoms with Crippen molar-refractivity contribution in [2.24, 2.45) is 5.92 Å². The van der Waals surface area contributed by atoms with Crippen LogP contribution in [0.5, 0.6) is 0 Å². The predicted molar refractivity (Wildman–Crippen MR) is 64.1 cm³/mol. The smallest absolute Gasteiger partial charge is 0.245 e. The summed E-state index contributed by atoms with van der Waals surface area (Å²) in [6.07, 6.45) is 6.28. The van der Waals surface area contributed by atoms with Crippen LogP contribution in [0.25, 0.3) is 0 Å². The van der Waals surface area contributed by atoms with Crippen molar-refractivity contribution >= 4 is 5.91 Å². The lowest BCUT2D eigenvalue weighted by atomic mass is 10.0. The van der Waals surface area contributed by atoms with Crippen molar-refractivity contribution in [3.8, 4) is 0 Å². The van der Waals surface area contributed by atoms with E-state index in [9.17, 15) is 4.79 Å². The highest BCUT2D eigenvalue weighted by Crippen LogP contribution is 2.23. The predicted octanol–water partition coefficient (Wildman–Crippen LogP) is 2.31. The molecule has 2 heterocycles. The lowest BCUT2D eigenvalue weighted by Crippen LogP contribution is -2.37. The lowest BCUT2D eigenvalue weighted by Gasteiger charge is -2.27. The van der Waals surface area contributed by atoms with Crippen LogP contribution >= 0.6 is 0 Å². The van der Waals surface area contributed by atoms with Gasteiger partial charge in [-0.05, 0) is 30.9 Å². The van der Waals surface area contributed by atoms with Gasteiger partial charge in [-0.25, -0.2) is 0 Å². The largest absolute Gasteiger partial charge is 0.342 e. The number of hydrogen-bond acceptors (Lipinski definition) is 1. The highest BCUT2D eigenvalue weighted by Gasteiger charge is 2.29. The molecule has 3 nitrogen and oxygen atoms in total. The normalized spacial score (nSPS) is 18.1. The zero-order valence-electron chi connectivity index (χ0n) is 10.1. The Bertz CT molecular complexity index is 337. The molecular weight excluding hydrogens is 200 g/mol. The summed E-state index contributed by atoms with van der Waals surface area (Å²) in [5, 5.41) is 0. The van der Waals surface area contributed by atoms with Gasteiger partial charge in [0.2, 0.25) is 5.91 Å². The lowest BCUT2D eigenvalue weighted by molar-refractivity contribution is -0.135. The molecule has 1 saturated heterocycles. The number of aromatic nitrogens is 1. The molecule has 0 aromatic carbocycles. The minimum absolute atomic E-state index is 0.0342. The van der Waals surface area contributed by atoms with E-state index in [1.807, 2.05) is 34.0 Å². The van der Waals surface area contributed by atoms with Gasteiger partial charge >= 0.3 is 0 Å². The van der Waals surface area contributed by atoms with Crippen LogP contribution < -0.4 is 0 Å². The molecule has 1 atom stereocenters. The third kappa shape index (κ3) is 2.13. The Morgan fingerprint density at radius 3 is 2.19 bits per heavy atom. The zero-order chi connectivity index (χ0) is 11.5. The molecule has 1 amide bonds. The van der Waals surface area contributed by atoms with Gasteiger partial charge in [0.25, 0.3) is 0 Å². The standard InChI is InChI=1S/C13H20N2O/c1-11(2)12(14-7-3-4-8-14)13(16)15-9-5-6-10-15/h3-4,7-8,11-12H,5-6,9-10H2,1-2H3/t12-/m0/s1. The molecule has 0 spiro atoms. The van der Waals surface area contributed by atoms with E-state index in [4.69, 9.17) is 0 Å². The second kappa shape index (κ2) is 4.73. The molecular formula is C13H20N2O. The first kappa shape index (κ1) is 11.2. The summed E-state index contributed by atoms with van der Waals surface area (Å²) in [4.78, 5) is 14.4. The van der Waals surface area contributed by atoms with Crippen LogP contribution in [0.1, 0.15) is 32.7 Å². The Morgan fingerprint density at radius 2 is 1.69 bits per heavy atom. The van der Waals surface area contributed by atoms with E-state index < -0.39 is 0 Å². The number of carbonyl (C=O) groups is 1. The molecule has 16 heavy (non-hydrogen) atoms. The Kier molecular flexibility index (Phi) is 3.32. The van der Waals surface area contributed by atoms with Gasteiger partial charge in [-0.3, -0.25) is 4.79 Å². The summed E-state index contributed by atoms with van der Waals surface area (Å²) in [6, 6.07) is 3.92. The maximum Gasteiger partial charge on any atom is 0.245 e. The Morgan fingerprint density at radius 1 is 1.12 bits per heavy atom. The van der Waals surface area contributed by atoms with E-state index in [-0.39, 0.29) is 11.9 Å². The minimum atomic E-state index is -0.0342. The second-order valence-electron chi connectivity index (χ2n) is 4.85. The summed E-state index contributed by atoms with van der Waals surface area (Å²) < 4.78 is 2.03. The third-order valence-corrected chi connectivity index (χ3v) is 3.25. The van der Waals surface area contributed by atoms with Gasteiger partial charge in [0.1, 0.15) is 6.04 Å². The molecule has 1 aromatic rings. The first-order valence-corrected chi connectivity index (χ1v) is 6.11.